The van der Waals surface area contributed by atoms with Gasteiger partial charge in [0.25, 0.3) is 0 Å². The molecule has 1 aliphatic rings. The lowest BCUT2D eigenvalue weighted by Crippen LogP contribution is -2.37. The van der Waals surface area contributed by atoms with Crippen LogP contribution in [0.1, 0.15) is 45.6 Å². The number of fused-ring (bicyclic) bond motifs is 2. The molecule has 0 spiro atoms. The highest BCUT2D eigenvalue weighted by Gasteiger charge is 2.30. The van der Waals surface area contributed by atoms with Gasteiger partial charge in [-0.25, -0.2) is 4.79 Å². The number of carbonyl (C=O) groups excluding carboxylic acids is 2. The number of allylic oxidation sites excluding steroid dienone is 1. The van der Waals surface area contributed by atoms with Crippen LogP contribution < -0.4 is 11.1 Å². The third-order valence-electron chi connectivity index (χ3n) is 6.68. The highest BCUT2D eigenvalue weighted by molar-refractivity contribution is 9.11. The van der Waals surface area contributed by atoms with Crippen molar-refractivity contribution in [1.29, 1.82) is 0 Å². The number of nitrogens with one attached hydrogen (secondary N) is 1. The Morgan fingerprint density at radius 1 is 1.16 bits per heavy atom. The smallest absolute Gasteiger partial charge is 0.405 e. The van der Waals surface area contributed by atoms with Crippen molar-refractivity contribution in [2.45, 2.75) is 70.9 Å². The number of aliphatic hydroxyl groups excluding tert-OH is 1. The minimum atomic E-state index is -0.934. The quantitative estimate of drug-likeness (QED) is 0.326. The van der Waals surface area contributed by atoms with E-state index in [1.54, 1.807) is 20.1 Å². The van der Waals surface area contributed by atoms with Gasteiger partial charge in [0.1, 0.15) is 5.75 Å². The summed E-state index contributed by atoms with van der Waals surface area (Å²) in [5.41, 5.74) is 7.26. The number of methoxy groups -OCH3 is 2. The third kappa shape index (κ3) is 8.81. The number of hydrogen-bond donors (Lipinski definition) is 4. The SMILES string of the molecule is CO[C@H]1CC/C=C/C(=O)Nc2cc(c(Br)c(O)c2Br)C[C@@H](C)C[C@@H](OC)[C@H](O)[C@@H](C)/C=C(\C)[C@@H]1OC(N)=O. The van der Waals surface area contributed by atoms with E-state index in [-0.39, 0.29) is 23.5 Å². The average molecular weight is 662 g/mol. The fourth-order valence-corrected chi connectivity index (χ4v) is 5.85. The zero-order valence-electron chi connectivity index (χ0n) is 22.4. The molecule has 11 heteroatoms. The van der Waals surface area contributed by atoms with Gasteiger partial charge in [0.05, 0.1) is 32.9 Å². The van der Waals surface area contributed by atoms with Crippen molar-refractivity contribution in [3.63, 3.8) is 0 Å². The van der Waals surface area contributed by atoms with E-state index >= 15 is 0 Å². The predicted octanol–water partition coefficient (Wildman–Crippen LogP) is 5.21. The van der Waals surface area contributed by atoms with Crippen LogP contribution >= 0.6 is 31.9 Å². The number of anilines is 1. The standard InChI is InChI=1S/C27H38Br2N2O7/c1-14-10-17-13-18(23(29)25(34)22(17)28)31-21(32)9-7-6-8-19(36-4)26(38-27(30)35)16(3)12-15(2)24(33)20(11-14)37-5/h7,9,12-15,19-20,24,26,33-34H,6,8,10-11H2,1-5H3,(H2,30,35)(H,31,32)/b9-7+,16-12+/t14-,15+,19+,20-,24-,26+/m1/s1. The normalized spacial score (nSPS) is 30.1. The highest BCUT2D eigenvalue weighted by atomic mass is 79.9. The van der Waals surface area contributed by atoms with E-state index in [0.717, 1.165) is 5.56 Å². The van der Waals surface area contributed by atoms with E-state index < -0.39 is 30.5 Å². The largest absolute Gasteiger partial charge is 0.505 e. The maximum absolute atomic E-state index is 12.6. The Morgan fingerprint density at radius 3 is 2.42 bits per heavy atom. The molecular formula is C27H38Br2N2O7. The Bertz CT molecular complexity index is 1050. The molecule has 1 aromatic rings. The van der Waals surface area contributed by atoms with Crippen molar-refractivity contribution in [3.05, 3.63) is 44.4 Å². The number of ether oxygens (including phenoxy) is 3. The summed E-state index contributed by atoms with van der Waals surface area (Å²) in [4.78, 5) is 24.3. The van der Waals surface area contributed by atoms with Crippen LogP contribution in [0.2, 0.25) is 0 Å². The lowest BCUT2D eigenvalue weighted by molar-refractivity contribution is -0.111. The number of carbonyl (C=O) groups is 2. The number of aromatic hydroxyl groups is 1. The Morgan fingerprint density at radius 2 is 1.82 bits per heavy atom. The summed E-state index contributed by atoms with van der Waals surface area (Å²) in [7, 11) is 3.07. The van der Waals surface area contributed by atoms with Crippen molar-refractivity contribution in [1.82, 2.24) is 0 Å². The fraction of sp³-hybridized carbons (Fsp3) is 0.556. The fourth-order valence-electron chi connectivity index (χ4n) is 4.70. The third-order valence-corrected chi connectivity index (χ3v) is 8.37. The van der Waals surface area contributed by atoms with Crippen LogP contribution in [0, 0.1) is 11.8 Å². The Labute approximate surface area is 241 Å². The molecule has 2 bridgehead atoms. The van der Waals surface area contributed by atoms with Gasteiger partial charge in [0.2, 0.25) is 5.91 Å². The summed E-state index contributed by atoms with van der Waals surface area (Å²) in [6.45, 7) is 5.69. The molecule has 1 heterocycles. The molecular weight excluding hydrogens is 624 g/mol. The number of benzene rings is 1. The zero-order valence-corrected chi connectivity index (χ0v) is 25.5. The molecule has 0 radical (unpaired) electrons. The second-order valence-corrected chi connectivity index (χ2v) is 11.3. The second-order valence-electron chi connectivity index (χ2n) is 9.74. The van der Waals surface area contributed by atoms with Crippen molar-refractivity contribution >= 4 is 49.5 Å². The van der Waals surface area contributed by atoms with Gasteiger partial charge in [-0.2, -0.15) is 0 Å². The summed E-state index contributed by atoms with van der Waals surface area (Å²) in [6.07, 6.45) is 3.37. The van der Waals surface area contributed by atoms with Crippen molar-refractivity contribution in [2.24, 2.45) is 17.6 Å². The molecule has 9 nitrogen and oxygen atoms in total. The first-order valence-electron chi connectivity index (χ1n) is 12.4. The molecule has 2 rings (SSSR count). The molecule has 6 atom stereocenters. The summed E-state index contributed by atoms with van der Waals surface area (Å²) in [6, 6.07) is 1.81. The van der Waals surface area contributed by atoms with Gasteiger partial charge in [-0.15, -0.1) is 0 Å². The molecule has 212 valence electrons. The molecule has 1 aliphatic heterocycles. The van der Waals surface area contributed by atoms with Crippen LogP contribution in [0.3, 0.4) is 0 Å². The molecule has 0 fully saturated rings. The molecule has 0 aliphatic carbocycles. The number of phenols is 1. The van der Waals surface area contributed by atoms with Gasteiger partial charge in [0.15, 0.2) is 6.10 Å². The molecule has 0 aromatic heterocycles. The first-order valence-corrected chi connectivity index (χ1v) is 14.0. The van der Waals surface area contributed by atoms with E-state index in [1.807, 2.05) is 26.0 Å². The minimum absolute atomic E-state index is 0.0131. The molecule has 0 unspecified atom stereocenters. The van der Waals surface area contributed by atoms with E-state index in [9.17, 15) is 19.8 Å². The highest BCUT2D eigenvalue weighted by Crippen LogP contribution is 2.41. The summed E-state index contributed by atoms with van der Waals surface area (Å²) in [5.74, 6) is -0.655. The number of rotatable bonds is 3. The number of phenolic OH excluding ortho intramolecular Hbond substituents is 1. The lowest BCUT2D eigenvalue weighted by Gasteiger charge is -2.30. The topological polar surface area (TPSA) is 140 Å². The first-order chi connectivity index (χ1) is 17.9. The number of aliphatic hydroxyl groups is 1. The Kier molecular flexibility index (Phi) is 12.8. The molecule has 5 N–H and O–H groups in total. The summed E-state index contributed by atoms with van der Waals surface area (Å²) in [5, 5.41) is 24.6. The minimum Gasteiger partial charge on any atom is -0.505 e. The van der Waals surface area contributed by atoms with E-state index in [1.165, 1.54) is 13.2 Å². The van der Waals surface area contributed by atoms with Gasteiger partial charge >= 0.3 is 6.09 Å². The van der Waals surface area contributed by atoms with Gasteiger partial charge in [-0.1, -0.05) is 26.0 Å². The number of nitrogens with two attached hydrogens (primary N) is 1. The molecule has 1 aromatic carbocycles. The van der Waals surface area contributed by atoms with Crippen LogP contribution in [0.4, 0.5) is 10.5 Å². The van der Waals surface area contributed by atoms with E-state index in [2.05, 4.69) is 37.2 Å². The maximum Gasteiger partial charge on any atom is 0.405 e. The first kappa shape index (κ1) is 32.3. The number of primary amides is 1. The number of amides is 2. The van der Waals surface area contributed by atoms with Crippen LogP contribution in [0.25, 0.3) is 0 Å². The second kappa shape index (κ2) is 15.0. The monoisotopic (exact) mass is 660 g/mol. The number of halogens is 2. The maximum atomic E-state index is 12.6. The van der Waals surface area contributed by atoms with E-state index in [4.69, 9.17) is 19.9 Å². The lowest BCUT2D eigenvalue weighted by atomic mass is 9.88. The van der Waals surface area contributed by atoms with Crippen LogP contribution in [0.5, 0.6) is 5.75 Å². The molecule has 2 amide bonds. The van der Waals surface area contributed by atoms with Crippen LogP contribution in [-0.4, -0.2) is 60.8 Å². The van der Waals surface area contributed by atoms with Gasteiger partial charge < -0.3 is 35.5 Å². The van der Waals surface area contributed by atoms with Crippen LogP contribution in [0.15, 0.2) is 38.8 Å². The molecule has 0 saturated heterocycles. The van der Waals surface area contributed by atoms with Crippen molar-refractivity contribution in [2.75, 3.05) is 19.5 Å². The van der Waals surface area contributed by atoms with Gasteiger partial charge in [-0.3, -0.25) is 4.79 Å². The van der Waals surface area contributed by atoms with Gasteiger partial charge in [-0.05, 0) is 93.7 Å². The predicted molar refractivity (Wildman–Crippen MR) is 153 cm³/mol. The van der Waals surface area contributed by atoms with Crippen LogP contribution in [-0.2, 0) is 25.4 Å². The van der Waals surface area contributed by atoms with E-state index in [0.29, 0.717) is 45.9 Å². The molecule has 0 saturated carbocycles. The average Bonchev–Trinajstić information content (AvgIpc) is 2.86. The Balaban J connectivity index is 2.50. The van der Waals surface area contributed by atoms with Crippen molar-refractivity contribution < 1.29 is 34.0 Å². The number of hydrogen-bond acceptors (Lipinski definition) is 7. The van der Waals surface area contributed by atoms with Crippen molar-refractivity contribution in [3.8, 4) is 5.75 Å². The summed E-state index contributed by atoms with van der Waals surface area (Å²) >= 11 is 6.82. The Hall–Kier alpha value is -1.92. The zero-order chi connectivity index (χ0) is 28.6. The molecule has 38 heavy (non-hydrogen) atoms. The van der Waals surface area contributed by atoms with Gasteiger partial charge in [0, 0.05) is 20.1 Å². The summed E-state index contributed by atoms with van der Waals surface area (Å²) < 4.78 is 17.6.